The van der Waals surface area contributed by atoms with Crippen LogP contribution >= 0.6 is 11.6 Å². The number of nitro benzene ring substituents is 1. The Bertz CT molecular complexity index is 1240. The van der Waals surface area contributed by atoms with Crippen molar-refractivity contribution < 1.29 is 14.1 Å². The number of benzene rings is 1. The van der Waals surface area contributed by atoms with Crippen LogP contribution in [-0.2, 0) is 4.79 Å². The molecule has 152 valence electrons. The number of hydrogen-bond acceptors (Lipinski definition) is 7. The van der Waals surface area contributed by atoms with Gasteiger partial charge in [-0.2, -0.15) is 10.1 Å². The molecule has 1 atom stereocenters. The second kappa shape index (κ2) is 6.81. The van der Waals surface area contributed by atoms with Crippen LogP contribution in [0.1, 0.15) is 36.9 Å². The Morgan fingerprint density at radius 3 is 2.93 bits per heavy atom. The number of hydrogen-bond donors (Lipinski definition) is 1. The summed E-state index contributed by atoms with van der Waals surface area (Å²) in [7, 11) is 0. The lowest BCUT2D eigenvalue weighted by Gasteiger charge is -2.30. The van der Waals surface area contributed by atoms with E-state index in [9.17, 15) is 14.9 Å². The van der Waals surface area contributed by atoms with E-state index >= 15 is 0 Å². The molecule has 10 heteroatoms. The quantitative estimate of drug-likeness (QED) is 0.487. The molecule has 0 amide bonds. The van der Waals surface area contributed by atoms with Gasteiger partial charge in [0, 0.05) is 28.8 Å². The van der Waals surface area contributed by atoms with E-state index in [-0.39, 0.29) is 16.5 Å². The fourth-order valence-corrected chi connectivity index (χ4v) is 4.20. The van der Waals surface area contributed by atoms with Crippen LogP contribution in [0, 0.1) is 17.0 Å². The topological polar surface area (TPSA) is 116 Å². The Kier molecular flexibility index (Phi) is 4.21. The molecule has 0 saturated carbocycles. The summed E-state index contributed by atoms with van der Waals surface area (Å²) in [6.07, 6.45) is 1.96. The van der Waals surface area contributed by atoms with E-state index in [0.29, 0.717) is 40.9 Å². The van der Waals surface area contributed by atoms with E-state index in [1.165, 1.54) is 6.07 Å². The Morgan fingerprint density at radius 2 is 2.13 bits per heavy atom. The van der Waals surface area contributed by atoms with Gasteiger partial charge in [0.05, 0.1) is 10.5 Å². The smallest absolute Gasteiger partial charge is 0.281 e. The fraction of sp³-hybridized carbons (Fsp3) is 0.250. The van der Waals surface area contributed by atoms with Crippen molar-refractivity contribution in [3.8, 4) is 11.3 Å². The van der Waals surface area contributed by atoms with Gasteiger partial charge >= 0.3 is 0 Å². The zero-order valence-electron chi connectivity index (χ0n) is 15.9. The molecule has 3 aromatic rings. The Labute approximate surface area is 175 Å². The highest BCUT2D eigenvalue weighted by molar-refractivity contribution is 6.30. The normalized spacial score (nSPS) is 18.1. The molecule has 1 aromatic carbocycles. The number of furan rings is 1. The lowest BCUT2D eigenvalue weighted by atomic mass is 9.88. The van der Waals surface area contributed by atoms with Crippen molar-refractivity contribution in [2.75, 3.05) is 5.32 Å². The molecule has 1 aliphatic heterocycles. The molecule has 30 heavy (non-hydrogen) atoms. The highest BCUT2D eigenvalue weighted by Gasteiger charge is 2.38. The van der Waals surface area contributed by atoms with Gasteiger partial charge in [-0.25, -0.2) is 4.68 Å². The monoisotopic (exact) mass is 425 g/mol. The standard InChI is InChI=1S/C20H16ClN5O4/c1-10-22-20-23-13-3-2-4-15(27)18(13)19(25(20)24-10)17-8-7-16(30-17)12-6-5-11(21)9-14(12)26(28)29/h5-9,19H,2-4H2,1H3,(H,22,23,24). The van der Waals surface area contributed by atoms with Crippen molar-refractivity contribution in [2.45, 2.75) is 32.2 Å². The number of allylic oxidation sites excluding steroid dienone is 2. The highest BCUT2D eigenvalue weighted by Crippen LogP contribution is 2.42. The second-order valence-electron chi connectivity index (χ2n) is 7.24. The Hall–Kier alpha value is -3.46. The molecule has 0 bridgehead atoms. The zero-order valence-corrected chi connectivity index (χ0v) is 16.6. The zero-order chi connectivity index (χ0) is 21.0. The van der Waals surface area contributed by atoms with E-state index in [1.54, 1.807) is 35.9 Å². The number of halogens is 1. The van der Waals surface area contributed by atoms with Crippen LogP contribution < -0.4 is 5.32 Å². The molecule has 1 aliphatic carbocycles. The molecule has 0 fully saturated rings. The molecular weight excluding hydrogens is 410 g/mol. The van der Waals surface area contributed by atoms with Gasteiger partial charge in [-0.3, -0.25) is 14.9 Å². The average molecular weight is 426 g/mol. The van der Waals surface area contributed by atoms with Crippen LogP contribution in [0.3, 0.4) is 0 Å². The minimum absolute atomic E-state index is 0.0305. The van der Waals surface area contributed by atoms with Crippen molar-refractivity contribution >= 4 is 29.0 Å². The number of carbonyl (C=O) groups excluding carboxylic acids is 1. The van der Waals surface area contributed by atoms with E-state index in [0.717, 1.165) is 18.5 Å². The first-order valence-corrected chi connectivity index (χ1v) is 9.80. The van der Waals surface area contributed by atoms with Crippen molar-refractivity contribution in [1.29, 1.82) is 0 Å². The number of nitrogens with zero attached hydrogens (tertiary/aromatic N) is 4. The summed E-state index contributed by atoms with van der Waals surface area (Å²) in [5.74, 6) is 1.92. The lowest BCUT2D eigenvalue weighted by Crippen LogP contribution is -2.31. The molecule has 1 N–H and O–H groups in total. The van der Waals surface area contributed by atoms with Crippen LogP contribution in [0.15, 0.2) is 46.0 Å². The van der Waals surface area contributed by atoms with Gasteiger partial charge in [0.1, 0.15) is 23.4 Å². The number of ketones is 1. The maximum atomic E-state index is 12.8. The van der Waals surface area contributed by atoms with E-state index in [4.69, 9.17) is 16.0 Å². The number of aromatic nitrogens is 3. The number of aryl methyl sites for hydroxylation is 1. The minimum Gasteiger partial charge on any atom is -0.458 e. The molecule has 3 heterocycles. The largest absolute Gasteiger partial charge is 0.458 e. The lowest BCUT2D eigenvalue weighted by molar-refractivity contribution is -0.384. The van der Waals surface area contributed by atoms with Gasteiger partial charge in [-0.15, -0.1) is 0 Å². The minimum atomic E-state index is -0.578. The number of nitro groups is 1. The first-order valence-electron chi connectivity index (χ1n) is 9.43. The van der Waals surface area contributed by atoms with E-state index < -0.39 is 11.0 Å². The summed E-state index contributed by atoms with van der Waals surface area (Å²) >= 11 is 5.92. The number of rotatable bonds is 3. The summed E-state index contributed by atoms with van der Waals surface area (Å²) in [6.45, 7) is 1.77. The summed E-state index contributed by atoms with van der Waals surface area (Å²) in [5, 5.41) is 19.4. The molecule has 2 aromatic heterocycles. The van der Waals surface area contributed by atoms with Crippen LogP contribution in [0.2, 0.25) is 5.02 Å². The SMILES string of the molecule is Cc1nc2n(n1)C(c1ccc(-c3ccc(Cl)cc3[N+](=O)[O-])o1)C1=C(CCCC1=O)N2. The second-order valence-corrected chi connectivity index (χ2v) is 7.68. The summed E-state index contributed by atoms with van der Waals surface area (Å²) in [5.41, 5.74) is 1.58. The number of nitrogens with one attached hydrogen (secondary N) is 1. The summed E-state index contributed by atoms with van der Waals surface area (Å²) < 4.78 is 7.69. The third-order valence-electron chi connectivity index (χ3n) is 5.29. The molecule has 1 unspecified atom stereocenters. The molecule has 9 nitrogen and oxygen atoms in total. The van der Waals surface area contributed by atoms with Gasteiger partial charge in [-0.1, -0.05) is 11.6 Å². The fourth-order valence-electron chi connectivity index (χ4n) is 4.03. The van der Waals surface area contributed by atoms with E-state index in [1.807, 2.05) is 0 Å². The first-order chi connectivity index (χ1) is 14.4. The number of carbonyl (C=O) groups is 1. The van der Waals surface area contributed by atoms with Crippen molar-refractivity contribution in [3.63, 3.8) is 0 Å². The van der Waals surface area contributed by atoms with Crippen LogP contribution in [-0.4, -0.2) is 25.5 Å². The van der Waals surface area contributed by atoms with Crippen LogP contribution in [0.25, 0.3) is 11.3 Å². The first kappa shape index (κ1) is 18.6. The van der Waals surface area contributed by atoms with Crippen molar-refractivity contribution in [3.05, 3.63) is 68.3 Å². The molecule has 0 radical (unpaired) electrons. The molecule has 0 spiro atoms. The van der Waals surface area contributed by atoms with Crippen LogP contribution in [0.5, 0.6) is 0 Å². The van der Waals surface area contributed by atoms with Gasteiger partial charge in [-0.05, 0) is 44.0 Å². The predicted octanol–water partition coefficient (Wildman–Crippen LogP) is 4.43. The predicted molar refractivity (Wildman–Crippen MR) is 108 cm³/mol. The number of Topliss-reactive ketones (excluding diaryl/α,β-unsaturated/α-hetero) is 1. The third-order valence-corrected chi connectivity index (χ3v) is 5.53. The van der Waals surface area contributed by atoms with Crippen LogP contribution in [0.4, 0.5) is 11.6 Å². The molecular formula is C20H16ClN5O4. The van der Waals surface area contributed by atoms with Gasteiger partial charge in [0.2, 0.25) is 5.95 Å². The van der Waals surface area contributed by atoms with Gasteiger partial charge in [0.25, 0.3) is 5.69 Å². The summed E-state index contributed by atoms with van der Waals surface area (Å²) in [6, 6.07) is 7.20. The number of fused-ring (bicyclic) bond motifs is 1. The number of anilines is 1. The average Bonchev–Trinajstić information content (AvgIpc) is 3.32. The maximum absolute atomic E-state index is 12.8. The maximum Gasteiger partial charge on any atom is 0.281 e. The van der Waals surface area contributed by atoms with Gasteiger partial charge < -0.3 is 9.73 Å². The Morgan fingerprint density at radius 1 is 1.30 bits per heavy atom. The third kappa shape index (κ3) is 2.89. The van der Waals surface area contributed by atoms with Crippen molar-refractivity contribution in [2.24, 2.45) is 0 Å². The Balaban J connectivity index is 1.65. The summed E-state index contributed by atoms with van der Waals surface area (Å²) in [4.78, 5) is 28.2. The van der Waals surface area contributed by atoms with Crippen molar-refractivity contribution in [1.82, 2.24) is 14.8 Å². The van der Waals surface area contributed by atoms with E-state index in [2.05, 4.69) is 15.4 Å². The molecule has 2 aliphatic rings. The molecule has 5 rings (SSSR count). The van der Waals surface area contributed by atoms with Gasteiger partial charge in [0.15, 0.2) is 5.78 Å². The highest BCUT2D eigenvalue weighted by atomic mass is 35.5. The molecule has 0 saturated heterocycles.